The van der Waals surface area contributed by atoms with Crippen LogP contribution in [-0.4, -0.2) is 55.0 Å². The molecule has 0 saturated heterocycles. The number of carbonyl (C=O) groups excluding carboxylic acids is 2. The number of aliphatic carboxylic acids is 1. The van der Waals surface area contributed by atoms with E-state index in [4.69, 9.17) is 4.74 Å². The van der Waals surface area contributed by atoms with Crippen molar-refractivity contribution in [2.24, 2.45) is 0 Å². The molecule has 6 nitrogen and oxygen atoms in total. The van der Waals surface area contributed by atoms with Crippen molar-refractivity contribution in [3.05, 3.63) is 12.2 Å². The maximum absolute atomic E-state index is 12.0. The third-order valence-corrected chi connectivity index (χ3v) is 4.43. The third-order valence-electron chi connectivity index (χ3n) is 4.43. The Hall–Kier alpha value is -1.40. The molecule has 0 rings (SSSR count). The number of carboxylic acids is 1. The fraction of sp³-hybridized carbons (Fsp3) is 0.810. The number of nitrogens with zero attached hydrogens (tertiary/aromatic N) is 1. The molecule has 1 N–H and O–H groups in total. The first kappa shape index (κ1) is 25.6. The Morgan fingerprint density at radius 3 is 2.30 bits per heavy atom. The van der Waals surface area contributed by atoms with Crippen molar-refractivity contribution in [2.45, 2.75) is 89.9 Å². The number of rotatable bonds is 16. The Kier molecular flexibility index (Phi) is 13.9. The summed E-state index contributed by atoms with van der Waals surface area (Å²) in [6.07, 6.45) is 11.5. The first-order chi connectivity index (χ1) is 12.7. The molecule has 1 unspecified atom stereocenters. The topological polar surface area (TPSA) is 86.7 Å². The predicted molar refractivity (Wildman–Crippen MR) is 105 cm³/mol. The number of hydrogen-bond donors (Lipinski definition) is 1. The summed E-state index contributed by atoms with van der Waals surface area (Å²) in [5.41, 5.74) is 0. The fourth-order valence-corrected chi connectivity index (χ4v) is 2.73. The second kappa shape index (κ2) is 14.6. The van der Waals surface area contributed by atoms with Crippen LogP contribution in [0, 0.1) is 0 Å². The Balaban J connectivity index is 4.07. The van der Waals surface area contributed by atoms with Crippen LogP contribution in [0.25, 0.3) is 0 Å². The van der Waals surface area contributed by atoms with Gasteiger partial charge in [0.1, 0.15) is 0 Å². The Labute approximate surface area is 164 Å². The lowest BCUT2D eigenvalue weighted by molar-refractivity contribution is -0.917. The van der Waals surface area contributed by atoms with Crippen LogP contribution in [0.2, 0.25) is 0 Å². The summed E-state index contributed by atoms with van der Waals surface area (Å²) in [5, 5.41) is 20.6. The van der Waals surface area contributed by atoms with Crippen molar-refractivity contribution in [1.29, 1.82) is 0 Å². The monoisotopic (exact) mass is 385 g/mol. The zero-order chi connectivity index (χ0) is 20.7. The molecule has 0 spiro atoms. The number of unbranched alkanes of at least 4 members (excludes halogenated alkanes) is 6. The molecule has 0 radical (unpaired) electrons. The summed E-state index contributed by atoms with van der Waals surface area (Å²) < 4.78 is 5.68. The first-order valence-corrected chi connectivity index (χ1v) is 10.2. The number of hydrogen-bond acceptors (Lipinski definition) is 5. The summed E-state index contributed by atoms with van der Waals surface area (Å²) in [6.45, 7) is 2.21. The lowest BCUT2D eigenvalue weighted by Crippen LogP contribution is -2.48. The van der Waals surface area contributed by atoms with Gasteiger partial charge in [-0.15, -0.1) is 0 Å². The average Bonchev–Trinajstić information content (AvgIpc) is 2.55. The number of aliphatic hydroxyl groups is 1. The highest BCUT2D eigenvalue weighted by molar-refractivity contribution is 5.70. The van der Waals surface area contributed by atoms with Gasteiger partial charge in [-0.1, -0.05) is 51.2 Å². The highest BCUT2D eigenvalue weighted by Crippen LogP contribution is 2.14. The number of carboxylic acid groups (broad SMARTS) is 1. The van der Waals surface area contributed by atoms with Crippen LogP contribution in [0.1, 0.15) is 77.6 Å². The van der Waals surface area contributed by atoms with Crippen molar-refractivity contribution in [1.82, 2.24) is 0 Å². The third kappa shape index (κ3) is 15.4. The van der Waals surface area contributed by atoms with Crippen molar-refractivity contribution in [3.8, 4) is 0 Å². The van der Waals surface area contributed by atoms with Gasteiger partial charge in [-0.3, -0.25) is 9.28 Å². The lowest BCUT2D eigenvalue weighted by atomic mass is 10.1. The van der Waals surface area contributed by atoms with Crippen LogP contribution >= 0.6 is 0 Å². The maximum Gasteiger partial charge on any atom is 0.312 e. The quantitative estimate of drug-likeness (QED) is 0.145. The smallest absolute Gasteiger partial charge is 0.312 e. The van der Waals surface area contributed by atoms with E-state index < -0.39 is 24.3 Å². The van der Waals surface area contributed by atoms with E-state index in [0.717, 1.165) is 12.8 Å². The number of ether oxygens (including phenoxy) is 1. The molecule has 0 aromatic rings. The molecule has 0 aromatic carbocycles. The van der Waals surface area contributed by atoms with Crippen LogP contribution in [0.5, 0.6) is 0 Å². The van der Waals surface area contributed by atoms with Crippen LogP contribution < -0.4 is 5.11 Å². The molecule has 158 valence electrons. The van der Waals surface area contributed by atoms with Gasteiger partial charge in [-0.25, -0.2) is 0 Å². The van der Waals surface area contributed by atoms with Crippen molar-refractivity contribution in [3.63, 3.8) is 0 Å². The highest BCUT2D eigenvalue weighted by Gasteiger charge is 2.28. The zero-order valence-electron chi connectivity index (χ0n) is 17.6. The van der Waals surface area contributed by atoms with Crippen molar-refractivity contribution >= 4 is 11.9 Å². The van der Waals surface area contributed by atoms with Gasteiger partial charge < -0.3 is 19.7 Å². The molecular weight excluding hydrogens is 346 g/mol. The van der Waals surface area contributed by atoms with Crippen molar-refractivity contribution in [2.75, 3.05) is 21.1 Å². The molecule has 0 fully saturated rings. The summed E-state index contributed by atoms with van der Waals surface area (Å²) in [6, 6.07) is 0. The molecule has 0 aliphatic rings. The van der Waals surface area contributed by atoms with E-state index >= 15 is 0 Å². The molecule has 6 heteroatoms. The van der Waals surface area contributed by atoms with Crippen molar-refractivity contribution < 1.29 is 29.0 Å². The van der Waals surface area contributed by atoms with E-state index in [1.165, 1.54) is 32.1 Å². The number of esters is 1. The van der Waals surface area contributed by atoms with Gasteiger partial charge in [0.25, 0.3) is 0 Å². The normalized spacial score (nSPS) is 14.3. The van der Waals surface area contributed by atoms with Crippen LogP contribution in [0.3, 0.4) is 0 Å². The lowest BCUT2D eigenvalue weighted by Gasteiger charge is -2.33. The minimum absolute atomic E-state index is 0.0941. The van der Waals surface area contributed by atoms with Gasteiger partial charge >= 0.3 is 5.97 Å². The van der Waals surface area contributed by atoms with E-state index in [0.29, 0.717) is 10.9 Å². The van der Waals surface area contributed by atoms with E-state index in [9.17, 15) is 19.8 Å². The van der Waals surface area contributed by atoms with Gasteiger partial charge in [0.2, 0.25) is 6.23 Å². The average molecular weight is 386 g/mol. The molecule has 27 heavy (non-hydrogen) atoms. The van der Waals surface area contributed by atoms with E-state index in [1.54, 1.807) is 0 Å². The highest BCUT2D eigenvalue weighted by atomic mass is 16.6. The summed E-state index contributed by atoms with van der Waals surface area (Å²) in [5.74, 6) is -1.68. The number of quaternary nitrogens is 1. The van der Waals surface area contributed by atoms with Gasteiger partial charge in [0, 0.05) is 12.4 Å². The Morgan fingerprint density at radius 2 is 1.70 bits per heavy atom. The molecular formula is C21H39NO5. The molecule has 2 atom stereocenters. The number of allylic oxidation sites excluding steroid dienone is 1. The molecule has 0 amide bonds. The number of aliphatic hydroxyl groups excluding tert-OH is 1. The summed E-state index contributed by atoms with van der Waals surface area (Å²) >= 11 is 0. The Bertz CT molecular complexity index is 442. The Morgan fingerprint density at radius 1 is 1.07 bits per heavy atom. The largest absolute Gasteiger partial charge is 0.550 e. The SMILES string of the molecule is CCCCCCCC/C=C\CC(O)CC(=O)O[C@@H](CCC(=O)[O-])[N+](C)(C)C. The minimum Gasteiger partial charge on any atom is -0.550 e. The predicted octanol–water partition coefficient (Wildman–Crippen LogP) is 2.54. The van der Waals surface area contributed by atoms with Gasteiger partial charge in [0.05, 0.1) is 33.7 Å². The van der Waals surface area contributed by atoms with Gasteiger partial charge in [-0.05, 0) is 25.7 Å². The molecule has 0 heterocycles. The van der Waals surface area contributed by atoms with E-state index in [-0.39, 0.29) is 19.3 Å². The minimum atomic E-state index is -1.17. The molecule has 0 saturated carbocycles. The van der Waals surface area contributed by atoms with E-state index in [1.807, 2.05) is 27.2 Å². The zero-order valence-corrected chi connectivity index (χ0v) is 17.6. The van der Waals surface area contributed by atoms with Crippen LogP contribution in [0.4, 0.5) is 0 Å². The van der Waals surface area contributed by atoms with Gasteiger partial charge in [0.15, 0.2) is 0 Å². The van der Waals surface area contributed by atoms with Gasteiger partial charge in [-0.2, -0.15) is 0 Å². The summed E-state index contributed by atoms with van der Waals surface area (Å²) in [7, 11) is 5.48. The number of carbonyl (C=O) groups is 2. The molecule has 0 aliphatic heterocycles. The fourth-order valence-electron chi connectivity index (χ4n) is 2.73. The standard InChI is InChI=1S/C21H39NO5/c1-5-6-7-8-9-10-11-12-13-14-18(23)17-21(26)27-19(22(2,3)4)15-16-20(24)25/h12-13,18-19,23H,5-11,14-17H2,1-4H3/b13-12-/t18?,19-/m0/s1. The second-order valence-electron chi connectivity index (χ2n) is 8.09. The van der Waals surface area contributed by atoms with E-state index in [2.05, 4.69) is 13.0 Å². The molecule has 0 aromatic heterocycles. The second-order valence-corrected chi connectivity index (χ2v) is 8.09. The van der Waals surface area contributed by atoms with Crippen LogP contribution in [0.15, 0.2) is 12.2 Å². The molecule has 0 aliphatic carbocycles. The first-order valence-electron chi connectivity index (χ1n) is 10.2. The summed E-state index contributed by atoms with van der Waals surface area (Å²) in [4.78, 5) is 22.7. The molecule has 0 bridgehead atoms. The van der Waals surface area contributed by atoms with Crippen LogP contribution in [-0.2, 0) is 14.3 Å². The maximum atomic E-state index is 12.0.